The summed E-state index contributed by atoms with van der Waals surface area (Å²) in [7, 11) is 2.04. The van der Waals surface area contributed by atoms with Gasteiger partial charge in [-0.2, -0.15) is 0 Å². The number of carboxylic acids is 1. The summed E-state index contributed by atoms with van der Waals surface area (Å²) in [5.74, 6) is -0.868. The lowest BCUT2D eigenvalue weighted by atomic mass is 10.3. The highest BCUT2D eigenvalue weighted by molar-refractivity contribution is 5.85. The first-order chi connectivity index (χ1) is 7.02. The molecular weight excluding hydrogens is 192 g/mol. The lowest BCUT2D eigenvalue weighted by Crippen LogP contribution is -2.30. The van der Waals surface area contributed by atoms with Crippen molar-refractivity contribution in [2.75, 3.05) is 13.6 Å². The molecule has 1 heterocycles. The smallest absolute Gasteiger partial charge is 0.352 e. The van der Waals surface area contributed by atoms with Crippen LogP contribution in [0.15, 0.2) is 18.3 Å². The van der Waals surface area contributed by atoms with E-state index in [4.69, 9.17) is 5.11 Å². The minimum Gasteiger partial charge on any atom is -0.477 e. The Morgan fingerprint density at radius 2 is 2.27 bits per heavy atom. The molecule has 15 heavy (non-hydrogen) atoms. The van der Waals surface area contributed by atoms with Crippen LogP contribution in [0.4, 0.5) is 0 Å². The zero-order chi connectivity index (χ0) is 11.4. The lowest BCUT2D eigenvalue weighted by Gasteiger charge is -2.21. The molecule has 0 amide bonds. The monoisotopic (exact) mass is 210 g/mol. The predicted octanol–water partition coefficient (Wildman–Crippen LogP) is 1.53. The molecule has 0 saturated carbocycles. The van der Waals surface area contributed by atoms with E-state index in [9.17, 15) is 4.79 Å². The first kappa shape index (κ1) is 11.8. The maximum absolute atomic E-state index is 10.8. The van der Waals surface area contributed by atoms with Crippen molar-refractivity contribution in [3.05, 3.63) is 24.0 Å². The van der Waals surface area contributed by atoms with Gasteiger partial charge in [-0.1, -0.05) is 0 Å². The van der Waals surface area contributed by atoms with Crippen molar-refractivity contribution in [2.24, 2.45) is 0 Å². The fourth-order valence-electron chi connectivity index (χ4n) is 1.33. The van der Waals surface area contributed by atoms with Crippen LogP contribution < -0.4 is 0 Å². The Hall–Kier alpha value is -1.29. The van der Waals surface area contributed by atoms with Crippen molar-refractivity contribution in [1.82, 2.24) is 9.47 Å². The van der Waals surface area contributed by atoms with Gasteiger partial charge in [0.05, 0.1) is 0 Å². The molecule has 4 nitrogen and oxygen atoms in total. The van der Waals surface area contributed by atoms with Crippen LogP contribution in [0.5, 0.6) is 0 Å². The third kappa shape index (κ3) is 3.09. The second-order valence-corrected chi connectivity index (χ2v) is 3.97. The number of likely N-dealkylation sites (N-methyl/N-ethyl adjacent to an activating group) is 1. The molecule has 84 valence electrons. The molecule has 0 aliphatic heterocycles. The Kier molecular flexibility index (Phi) is 3.91. The van der Waals surface area contributed by atoms with Gasteiger partial charge in [0.25, 0.3) is 0 Å². The molecule has 0 spiro atoms. The summed E-state index contributed by atoms with van der Waals surface area (Å²) in [4.78, 5) is 13.0. The minimum atomic E-state index is -0.868. The first-order valence-electron chi connectivity index (χ1n) is 5.11. The molecule has 1 rings (SSSR count). The van der Waals surface area contributed by atoms with Crippen molar-refractivity contribution >= 4 is 5.97 Å². The molecule has 0 unspecified atom stereocenters. The van der Waals surface area contributed by atoms with Gasteiger partial charge in [0.2, 0.25) is 0 Å². The number of rotatable bonds is 5. The minimum absolute atomic E-state index is 0.354. The van der Waals surface area contributed by atoms with Crippen LogP contribution in [0.25, 0.3) is 0 Å². The molecule has 1 aromatic rings. The van der Waals surface area contributed by atoms with Gasteiger partial charge in [0.15, 0.2) is 0 Å². The van der Waals surface area contributed by atoms with E-state index in [-0.39, 0.29) is 0 Å². The van der Waals surface area contributed by atoms with Gasteiger partial charge in [-0.3, -0.25) is 0 Å². The Morgan fingerprint density at radius 1 is 1.60 bits per heavy atom. The van der Waals surface area contributed by atoms with E-state index in [0.29, 0.717) is 18.3 Å². The van der Waals surface area contributed by atoms with E-state index >= 15 is 0 Å². The second kappa shape index (κ2) is 4.98. The zero-order valence-corrected chi connectivity index (χ0v) is 9.47. The van der Waals surface area contributed by atoms with Crippen molar-refractivity contribution < 1.29 is 9.90 Å². The quantitative estimate of drug-likeness (QED) is 0.801. The normalized spacial score (nSPS) is 11.3. The Balaban J connectivity index is 2.58. The fraction of sp³-hybridized carbons (Fsp3) is 0.545. The molecule has 1 N–H and O–H groups in total. The predicted molar refractivity (Wildman–Crippen MR) is 59.2 cm³/mol. The molecule has 0 aliphatic carbocycles. The molecule has 0 saturated heterocycles. The fourth-order valence-corrected chi connectivity index (χ4v) is 1.33. The van der Waals surface area contributed by atoms with Crippen LogP contribution in [-0.2, 0) is 6.54 Å². The van der Waals surface area contributed by atoms with Crippen LogP contribution in [-0.4, -0.2) is 40.2 Å². The third-order valence-electron chi connectivity index (χ3n) is 2.62. The lowest BCUT2D eigenvalue weighted by molar-refractivity contribution is 0.0684. The Morgan fingerprint density at radius 3 is 2.80 bits per heavy atom. The second-order valence-electron chi connectivity index (χ2n) is 3.97. The molecule has 4 heteroatoms. The molecule has 0 aromatic carbocycles. The number of hydrogen-bond acceptors (Lipinski definition) is 2. The van der Waals surface area contributed by atoms with Gasteiger partial charge < -0.3 is 14.6 Å². The summed E-state index contributed by atoms with van der Waals surface area (Å²) in [6.07, 6.45) is 1.80. The van der Waals surface area contributed by atoms with Crippen LogP contribution in [0.3, 0.4) is 0 Å². The number of hydrogen-bond donors (Lipinski definition) is 1. The van der Waals surface area contributed by atoms with E-state index in [0.717, 1.165) is 6.54 Å². The average Bonchev–Trinajstić information content (AvgIpc) is 2.61. The van der Waals surface area contributed by atoms with Crippen LogP contribution in [0, 0.1) is 0 Å². The summed E-state index contributed by atoms with van der Waals surface area (Å²) in [6.45, 7) is 5.80. The van der Waals surface area contributed by atoms with E-state index < -0.39 is 5.97 Å². The maximum Gasteiger partial charge on any atom is 0.352 e. The van der Waals surface area contributed by atoms with Gasteiger partial charge in [-0.15, -0.1) is 0 Å². The summed E-state index contributed by atoms with van der Waals surface area (Å²) in [6, 6.07) is 3.87. The molecule has 0 aliphatic rings. The molecule has 1 aromatic heterocycles. The van der Waals surface area contributed by atoms with Crippen molar-refractivity contribution in [2.45, 2.75) is 26.4 Å². The summed E-state index contributed by atoms with van der Waals surface area (Å²) >= 11 is 0. The third-order valence-corrected chi connectivity index (χ3v) is 2.62. The van der Waals surface area contributed by atoms with Crippen molar-refractivity contribution in [1.29, 1.82) is 0 Å². The van der Waals surface area contributed by atoms with E-state index in [1.54, 1.807) is 22.9 Å². The first-order valence-corrected chi connectivity index (χ1v) is 5.11. The number of carboxylic acid groups (broad SMARTS) is 1. The Bertz CT molecular complexity index is 331. The van der Waals surface area contributed by atoms with Gasteiger partial charge >= 0.3 is 5.97 Å². The van der Waals surface area contributed by atoms with Gasteiger partial charge in [0, 0.05) is 25.3 Å². The average molecular weight is 210 g/mol. The van der Waals surface area contributed by atoms with Crippen molar-refractivity contribution in [3.8, 4) is 0 Å². The summed E-state index contributed by atoms with van der Waals surface area (Å²) in [5, 5.41) is 8.89. The zero-order valence-electron chi connectivity index (χ0n) is 9.47. The van der Waals surface area contributed by atoms with Gasteiger partial charge in [0.1, 0.15) is 5.69 Å². The van der Waals surface area contributed by atoms with E-state index in [2.05, 4.69) is 18.7 Å². The van der Waals surface area contributed by atoms with E-state index in [1.165, 1.54) is 0 Å². The highest BCUT2D eigenvalue weighted by Crippen LogP contribution is 2.03. The summed E-state index contributed by atoms with van der Waals surface area (Å²) < 4.78 is 1.77. The number of aromatic nitrogens is 1. The van der Waals surface area contributed by atoms with Crippen LogP contribution in [0.1, 0.15) is 24.3 Å². The summed E-state index contributed by atoms with van der Waals surface area (Å²) in [5.41, 5.74) is 0.354. The van der Waals surface area contributed by atoms with E-state index in [1.807, 2.05) is 7.05 Å². The highest BCUT2D eigenvalue weighted by Gasteiger charge is 2.09. The number of aromatic carboxylic acids is 1. The molecule has 0 fully saturated rings. The SMILES string of the molecule is CC(C)N(C)CCn1cccc1C(=O)O. The van der Waals surface area contributed by atoms with Crippen LogP contribution in [0.2, 0.25) is 0 Å². The standard InChI is InChI=1S/C11H18N2O2/c1-9(2)12(3)7-8-13-6-4-5-10(13)11(14)15/h4-6,9H,7-8H2,1-3H3,(H,14,15). The highest BCUT2D eigenvalue weighted by atomic mass is 16.4. The van der Waals surface area contributed by atoms with Crippen LogP contribution >= 0.6 is 0 Å². The number of nitrogens with zero attached hydrogens (tertiary/aromatic N) is 2. The topological polar surface area (TPSA) is 45.5 Å². The maximum atomic E-state index is 10.8. The van der Waals surface area contributed by atoms with Gasteiger partial charge in [-0.05, 0) is 33.0 Å². The molecule has 0 bridgehead atoms. The largest absolute Gasteiger partial charge is 0.477 e. The molecular formula is C11H18N2O2. The van der Waals surface area contributed by atoms with Crippen molar-refractivity contribution in [3.63, 3.8) is 0 Å². The molecule has 0 radical (unpaired) electrons. The number of carbonyl (C=O) groups is 1. The van der Waals surface area contributed by atoms with Gasteiger partial charge in [-0.25, -0.2) is 4.79 Å². The molecule has 0 atom stereocenters. The Labute approximate surface area is 90.1 Å².